The van der Waals surface area contributed by atoms with Gasteiger partial charge in [-0.15, -0.1) is 0 Å². The van der Waals surface area contributed by atoms with Crippen molar-refractivity contribution >= 4 is 17.7 Å². The third kappa shape index (κ3) is 5.90. The van der Waals surface area contributed by atoms with Crippen LogP contribution in [-0.2, 0) is 4.79 Å². The number of hydrogen-bond donors (Lipinski definition) is 2. The van der Waals surface area contributed by atoms with E-state index in [4.69, 9.17) is 9.26 Å². The van der Waals surface area contributed by atoms with Crippen molar-refractivity contribution in [2.24, 2.45) is 5.41 Å². The van der Waals surface area contributed by atoms with Gasteiger partial charge in [-0.2, -0.15) is 0 Å². The van der Waals surface area contributed by atoms with Crippen LogP contribution in [-0.4, -0.2) is 60.6 Å². The second kappa shape index (κ2) is 11.2. The number of nitrogens with zero attached hydrogens (tertiary/aromatic N) is 2. The normalized spacial score (nSPS) is 19.4. The lowest BCUT2D eigenvalue weighted by Gasteiger charge is -2.40. The summed E-state index contributed by atoms with van der Waals surface area (Å²) in [4.78, 5) is 40.3. The first-order valence-electron chi connectivity index (χ1n) is 12.1. The van der Waals surface area contributed by atoms with Crippen LogP contribution in [0.25, 0.3) is 0 Å². The fourth-order valence-electron chi connectivity index (χ4n) is 4.50. The molecule has 9 nitrogen and oxygen atoms in total. The van der Waals surface area contributed by atoms with E-state index >= 15 is 0 Å². The average Bonchev–Trinajstić information content (AvgIpc) is 3.31. The SMILES string of the molecule is Cc1cc(C(=O)N2CCC3(CC=CCCOc4ccccc4C(=O)NCCCNC3=O)CC2)on1. The van der Waals surface area contributed by atoms with Crippen LogP contribution in [0, 0.1) is 12.3 Å². The molecule has 186 valence electrons. The van der Waals surface area contributed by atoms with E-state index < -0.39 is 5.41 Å². The Hall–Kier alpha value is -3.62. The fourth-order valence-corrected chi connectivity index (χ4v) is 4.50. The van der Waals surface area contributed by atoms with Crippen LogP contribution in [0.1, 0.15) is 58.7 Å². The van der Waals surface area contributed by atoms with Crippen LogP contribution >= 0.6 is 0 Å². The van der Waals surface area contributed by atoms with Crippen molar-refractivity contribution in [3.05, 3.63) is 59.5 Å². The maximum atomic E-state index is 13.3. The van der Waals surface area contributed by atoms with Crippen LogP contribution in [0.2, 0.25) is 0 Å². The van der Waals surface area contributed by atoms with Crippen LogP contribution in [0.15, 0.2) is 47.0 Å². The number of nitrogens with one attached hydrogen (secondary N) is 2. The number of carbonyl (C=O) groups excluding carboxylic acids is 3. The number of aryl methyl sites for hydroxylation is 1. The van der Waals surface area contributed by atoms with Gasteiger partial charge in [0.05, 0.1) is 23.3 Å². The lowest BCUT2D eigenvalue weighted by molar-refractivity contribution is -0.133. The maximum absolute atomic E-state index is 13.3. The molecule has 2 aromatic rings. The lowest BCUT2D eigenvalue weighted by Crippen LogP contribution is -2.50. The number of benzene rings is 1. The predicted octanol–water partition coefficient (Wildman–Crippen LogP) is 2.87. The van der Waals surface area contributed by atoms with E-state index in [1.165, 1.54) is 0 Å². The highest BCUT2D eigenvalue weighted by atomic mass is 16.5. The summed E-state index contributed by atoms with van der Waals surface area (Å²) in [5.74, 6) is 0.395. The monoisotopic (exact) mass is 480 g/mol. The van der Waals surface area contributed by atoms with E-state index in [-0.39, 0.29) is 23.5 Å². The maximum Gasteiger partial charge on any atom is 0.292 e. The number of para-hydroxylation sites is 1. The molecule has 0 bridgehead atoms. The number of carbonyl (C=O) groups is 3. The van der Waals surface area contributed by atoms with Gasteiger partial charge in [-0.1, -0.05) is 29.4 Å². The van der Waals surface area contributed by atoms with Crippen molar-refractivity contribution in [1.29, 1.82) is 0 Å². The highest BCUT2D eigenvalue weighted by Crippen LogP contribution is 2.36. The Kier molecular flexibility index (Phi) is 7.84. The highest BCUT2D eigenvalue weighted by Gasteiger charge is 2.41. The van der Waals surface area contributed by atoms with E-state index in [0.29, 0.717) is 81.9 Å². The average molecular weight is 481 g/mol. The molecule has 9 heteroatoms. The van der Waals surface area contributed by atoms with Crippen LogP contribution in [0.4, 0.5) is 0 Å². The van der Waals surface area contributed by atoms with E-state index in [9.17, 15) is 14.4 Å². The molecular weight excluding hydrogens is 448 g/mol. The topological polar surface area (TPSA) is 114 Å². The number of likely N-dealkylation sites (tertiary alicyclic amines) is 1. The van der Waals surface area contributed by atoms with Gasteiger partial charge in [0.25, 0.3) is 11.8 Å². The molecule has 0 aliphatic carbocycles. The Balaban J connectivity index is 1.42. The number of hydrogen-bond acceptors (Lipinski definition) is 6. The zero-order chi connectivity index (χ0) is 24.7. The molecule has 35 heavy (non-hydrogen) atoms. The third-order valence-electron chi connectivity index (χ3n) is 6.60. The predicted molar refractivity (Wildman–Crippen MR) is 129 cm³/mol. The summed E-state index contributed by atoms with van der Waals surface area (Å²) in [6, 6.07) is 8.83. The molecule has 1 fully saturated rings. The molecule has 1 saturated heterocycles. The van der Waals surface area contributed by atoms with Gasteiger partial charge in [-0.25, -0.2) is 0 Å². The number of piperidine rings is 1. The van der Waals surface area contributed by atoms with Crippen molar-refractivity contribution in [2.75, 3.05) is 32.8 Å². The Bertz CT molecular complexity index is 1080. The molecule has 2 aliphatic rings. The van der Waals surface area contributed by atoms with E-state index in [1.54, 1.807) is 30.0 Å². The first-order chi connectivity index (χ1) is 17.0. The first kappa shape index (κ1) is 24.5. The van der Waals surface area contributed by atoms with Gasteiger partial charge in [0.2, 0.25) is 11.7 Å². The number of aromatic nitrogens is 1. The fraction of sp³-hybridized carbons (Fsp3) is 0.462. The molecule has 3 heterocycles. The Morgan fingerprint density at radius 2 is 1.86 bits per heavy atom. The zero-order valence-electron chi connectivity index (χ0n) is 20.0. The Morgan fingerprint density at radius 1 is 1.09 bits per heavy atom. The summed E-state index contributed by atoms with van der Waals surface area (Å²) in [6.45, 7) is 4.04. The number of rotatable bonds is 1. The third-order valence-corrected chi connectivity index (χ3v) is 6.60. The summed E-state index contributed by atoms with van der Waals surface area (Å²) in [7, 11) is 0. The summed E-state index contributed by atoms with van der Waals surface area (Å²) in [5, 5.41) is 9.76. The summed E-state index contributed by atoms with van der Waals surface area (Å²) >= 11 is 0. The molecule has 0 saturated carbocycles. The van der Waals surface area contributed by atoms with Gasteiger partial charge in [0, 0.05) is 32.2 Å². The zero-order valence-corrected chi connectivity index (χ0v) is 20.0. The standard InChI is InChI=1S/C26H32N4O5/c1-19-18-22(35-29-19)24(32)30-15-11-26(12-16-30)10-5-2-6-17-34-21-9-4-3-8-20(21)23(31)27-13-7-14-28-25(26)33/h2-5,8-9,18H,6-7,10-17H2,1H3,(H,27,31)(H,28,33). The minimum atomic E-state index is -0.585. The summed E-state index contributed by atoms with van der Waals surface area (Å²) in [5.41, 5.74) is 0.583. The van der Waals surface area contributed by atoms with Crippen LogP contribution in [0.3, 0.4) is 0 Å². The van der Waals surface area contributed by atoms with E-state index in [2.05, 4.69) is 15.8 Å². The van der Waals surface area contributed by atoms with Crippen molar-refractivity contribution in [1.82, 2.24) is 20.7 Å². The molecule has 1 spiro atoms. The number of allylic oxidation sites excluding steroid dienone is 1. The molecule has 4 rings (SSSR count). The van der Waals surface area contributed by atoms with E-state index in [1.807, 2.05) is 24.3 Å². The summed E-state index contributed by atoms with van der Waals surface area (Å²) < 4.78 is 11.0. The Labute approximate surface area is 204 Å². The van der Waals surface area contributed by atoms with Gasteiger partial charge in [0.15, 0.2) is 0 Å². The smallest absolute Gasteiger partial charge is 0.292 e. The van der Waals surface area contributed by atoms with E-state index in [0.717, 1.165) is 0 Å². The van der Waals surface area contributed by atoms with Crippen LogP contribution < -0.4 is 15.4 Å². The molecule has 0 atom stereocenters. The minimum Gasteiger partial charge on any atom is -0.492 e. The highest BCUT2D eigenvalue weighted by molar-refractivity contribution is 5.96. The summed E-state index contributed by atoms with van der Waals surface area (Å²) in [6.07, 6.45) is 7.02. The second-order valence-electron chi connectivity index (χ2n) is 9.08. The van der Waals surface area contributed by atoms with Gasteiger partial charge >= 0.3 is 0 Å². The lowest BCUT2D eigenvalue weighted by atomic mass is 9.74. The second-order valence-corrected chi connectivity index (χ2v) is 9.08. The molecule has 2 N–H and O–H groups in total. The van der Waals surface area contributed by atoms with Gasteiger partial charge < -0.3 is 24.8 Å². The molecule has 3 amide bonds. The number of fused-ring (bicyclic) bond motifs is 1. The molecule has 0 unspecified atom stereocenters. The van der Waals surface area contributed by atoms with Gasteiger partial charge in [-0.05, 0) is 51.2 Å². The Morgan fingerprint density at radius 3 is 2.63 bits per heavy atom. The minimum absolute atomic E-state index is 0.00947. The van der Waals surface area contributed by atoms with Gasteiger partial charge in [-0.3, -0.25) is 14.4 Å². The van der Waals surface area contributed by atoms with Crippen molar-refractivity contribution in [3.63, 3.8) is 0 Å². The molecule has 1 aromatic carbocycles. The molecule has 0 radical (unpaired) electrons. The molecule has 1 aromatic heterocycles. The quantitative estimate of drug-likeness (QED) is 0.607. The van der Waals surface area contributed by atoms with Crippen molar-refractivity contribution in [3.8, 4) is 5.75 Å². The number of ether oxygens (including phenoxy) is 1. The van der Waals surface area contributed by atoms with Crippen molar-refractivity contribution in [2.45, 2.75) is 39.0 Å². The largest absolute Gasteiger partial charge is 0.492 e. The first-order valence-corrected chi connectivity index (χ1v) is 12.1. The molecule has 2 aliphatic heterocycles. The number of amides is 3. The van der Waals surface area contributed by atoms with Gasteiger partial charge in [0.1, 0.15) is 5.75 Å². The molecular formula is C26H32N4O5. The van der Waals surface area contributed by atoms with Crippen LogP contribution in [0.5, 0.6) is 5.75 Å². The van der Waals surface area contributed by atoms with Crippen molar-refractivity contribution < 1.29 is 23.6 Å².